The fraction of sp³-hybridized carbons (Fsp3) is 0.618. The van der Waals surface area contributed by atoms with E-state index in [-0.39, 0.29) is 29.0 Å². The molecule has 0 radical (unpaired) electrons. The molecule has 3 N–H and O–H groups in total. The summed E-state index contributed by atoms with van der Waals surface area (Å²) in [4.78, 5) is 15.8. The van der Waals surface area contributed by atoms with E-state index in [2.05, 4.69) is 66.8 Å². The van der Waals surface area contributed by atoms with Gasteiger partial charge in [-0.1, -0.05) is 53.7 Å². The Morgan fingerprint density at radius 2 is 1.60 bits per heavy atom. The van der Waals surface area contributed by atoms with E-state index in [0.717, 1.165) is 24.5 Å². The number of carbonyl (C=O) groups is 1. The Morgan fingerprint density at radius 1 is 1.00 bits per heavy atom. The predicted molar refractivity (Wildman–Crippen MR) is 180 cm³/mol. The summed E-state index contributed by atoms with van der Waals surface area (Å²) in [6.07, 6.45) is -3.72. The third-order valence-electron chi connectivity index (χ3n) is 8.75. The lowest BCUT2D eigenvalue weighted by Crippen LogP contribution is -2.52. The van der Waals surface area contributed by atoms with E-state index < -0.39 is 32.5 Å². The smallest absolute Gasteiger partial charge is 0.407 e. The Morgan fingerprint density at radius 3 is 2.11 bits per heavy atom. The summed E-state index contributed by atoms with van der Waals surface area (Å²) in [5.41, 5.74) is 2.08. The van der Waals surface area contributed by atoms with Crippen LogP contribution in [0.5, 0.6) is 5.75 Å². The molecule has 252 valence electrons. The van der Waals surface area contributed by atoms with E-state index in [9.17, 15) is 18.0 Å². The van der Waals surface area contributed by atoms with Gasteiger partial charge in [0.05, 0.1) is 19.3 Å². The van der Waals surface area contributed by atoms with Crippen molar-refractivity contribution in [1.29, 1.82) is 0 Å². The minimum absolute atomic E-state index is 0.00526. The highest BCUT2D eigenvalue weighted by Crippen LogP contribution is 2.38. The summed E-state index contributed by atoms with van der Waals surface area (Å²) in [6, 6.07) is 10.9. The summed E-state index contributed by atoms with van der Waals surface area (Å²) in [6.45, 7) is 19.9. The van der Waals surface area contributed by atoms with Crippen molar-refractivity contribution in [2.24, 2.45) is 5.92 Å². The molecule has 3 atom stereocenters. The van der Waals surface area contributed by atoms with Crippen LogP contribution in [0.2, 0.25) is 18.1 Å². The van der Waals surface area contributed by atoms with Crippen molar-refractivity contribution in [2.75, 3.05) is 43.1 Å². The van der Waals surface area contributed by atoms with Gasteiger partial charge in [0.25, 0.3) is 0 Å². The van der Waals surface area contributed by atoms with Gasteiger partial charge in [0.1, 0.15) is 11.8 Å². The van der Waals surface area contributed by atoms with Crippen LogP contribution in [0.1, 0.15) is 66.0 Å². The highest BCUT2D eigenvalue weighted by molar-refractivity contribution is 6.74. The van der Waals surface area contributed by atoms with Crippen molar-refractivity contribution < 1.29 is 27.1 Å². The third-order valence-corrected chi connectivity index (χ3v) is 13.1. The molecule has 0 unspecified atom stereocenters. The van der Waals surface area contributed by atoms with E-state index in [1.807, 2.05) is 32.9 Å². The number of ether oxygens (including phenoxy) is 1. The van der Waals surface area contributed by atoms with E-state index >= 15 is 0 Å². The summed E-state index contributed by atoms with van der Waals surface area (Å²) in [5.74, 6) is 0.120. The average molecular weight is 651 g/mol. The highest BCUT2D eigenvalue weighted by Gasteiger charge is 2.43. The Kier molecular flexibility index (Phi) is 12.8. The SMILES string of the molecule is CC[C@@H](CNc1ccc(N2CCOCC2)cc1)NC(=O)[C@H](CC(C)C)N[C@@H](c1ccc(O[Si](C)(C)C(C)(C)C)cc1)C(F)(F)F. The second-order valence-corrected chi connectivity index (χ2v) is 18.6. The number of benzene rings is 2. The number of carbonyl (C=O) groups excluding carboxylic acids is 1. The topological polar surface area (TPSA) is 74.9 Å². The number of alkyl halides is 3. The molecule has 0 saturated carbocycles. The molecular weight excluding hydrogens is 597 g/mol. The van der Waals surface area contributed by atoms with Crippen molar-refractivity contribution >= 4 is 25.6 Å². The molecule has 0 aromatic heterocycles. The quantitative estimate of drug-likeness (QED) is 0.184. The number of morpholine rings is 1. The van der Waals surface area contributed by atoms with Crippen molar-refractivity contribution in [3.63, 3.8) is 0 Å². The Labute approximate surface area is 268 Å². The van der Waals surface area contributed by atoms with Crippen molar-refractivity contribution in [3.05, 3.63) is 54.1 Å². The molecule has 0 bridgehead atoms. The lowest BCUT2D eigenvalue weighted by Gasteiger charge is -2.36. The van der Waals surface area contributed by atoms with E-state index in [1.165, 1.54) is 12.1 Å². The van der Waals surface area contributed by atoms with Crippen LogP contribution in [-0.4, -0.2) is 65.3 Å². The fourth-order valence-corrected chi connectivity index (χ4v) is 5.96. The number of nitrogens with zero attached hydrogens (tertiary/aromatic N) is 1. The monoisotopic (exact) mass is 650 g/mol. The molecule has 1 amide bonds. The molecule has 45 heavy (non-hydrogen) atoms. The van der Waals surface area contributed by atoms with Gasteiger partial charge in [-0.3, -0.25) is 10.1 Å². The summed E-state index contributed by atoms with van der Waals surface area (Å²) in [7, 11) is -2.15. The second kappa shape index (κ2) is 15.7. The maximum absolute atomic E-state index is 14.4. The first kappa shape index (κ1) is 36.7. The third kappa shape index (κ3) is 10.9. The van der Waals surface area contributed by atoms with Crippen LogP contribution in [-0.2, 0) is 9.53 Å². The largest absolute Gasteiger partial charge is 0.544 e. The zero-order chi connectivity index (χ0) is 33.4. The molecule has 0 spiro atoms. The molecule has 1 aliphatic heterocycles. The maximum Gasteiger partial charge on any atom is 0.407 e. The van der Waals surface area contributed by atoms with Crippen molar-refractivity contribution in [3.8, 4) is 5.75 Å². The van der Waals surface area contributed by atoms with Gasteiger partial charge in [-0.25, -0.2) is 0 Å². The number of hydrogen-bond donors (Lipinski definition) is 3. The number of anilines is 2. The lowest BCUT2D eigenvalue weighted by atomic mass is 9.99. The normalized spacial score (nSPS) is 16.7. The predicted octanol–water partition coefficient (Wildman–Crippen LogP) is 7.52. The van der Waals surface area contributed by atoms with Gasteiger partial charge in [0.2, 0.25) is 14.2 Å². The Hall–Kier alpha value is -2.76. The van der Waals surface area contributed by atoms with E-state index in [1.54, 1.807) is 12.1 Å². The Bertz CT molecular complexity index is 1200. The van der Waals surface area contributed by atoms with Crippen LogP contribution in [0, 0.1) is 5.92 Å². The number of amides is 1. The van der Waals surface area contributed by atoms with Crippen LogP contribution in [0.4, 0.5) is 24.5 Å². The Balaban J connectivity index is 1.67. The fourth-order valence-electron chi connectivity index (χ4n) is 4.93. The second-order valence-electron chi connectivity index (χ2n) is 13.9. The van der Waals surface area contributed by atoms with Crippen LogP contribution in [0.25, 0.3) is 0 Å². The number of hydrogen-bond acceptors (Lipinski definition) is 6. The number of nitrogens with one attached hydrogen (secondary N) is 3. The van der Waals surface area contributed by atoms with Gasteiger partial charge in [-0.2, -0.15) is 13.2 Å². The molecule has 7 nitrogen and oxygen atoms in total. The van der Waals surface area contributed by atoms with Gasteiger partial charge >= 0.3 is 6.18 Å². The standard InChI is InChI=1S/C34H53F3N4O3Si/c1-9-26(23-38-27-12-14-28(15-13-27)41-18-20-43-21-19-41)39-32(42)30(22-24(2)3)40-31(34(35,36)37)25-10-16-29(17-11-25)44-45(7,8)33(4,5)6/h10-17,24,26,30-31,38,40H,9,18-23H2,1-8H3,(H,39,42)/t26-,30-,31-/m0/s1. The molecule has 1 fully saturated rings. The first-order valence-corrected chi connectivity index (χ1v) is 19.0. The minimum Gasteiger partial charge on any atom is -0.544 e. The van der Waals surface area contributed by atoms with Gasteiger partial charge in [0, 0.05) is 37.1 Å². The van der Waals surface area contributed by atoms with Crippen LogP contribution < -0.4 is 25.3 Å². The average Bonchev–Trinajstić information content (AvgIpc) is 2.97. The molecule has 11 heteroatoms. The number of halogens is 3. The molecule has 2 aromatic rings. The highest BCUT2D eigenvalue weighted by atomic mass is 28.4. The van der Waals surface area contributed by atoms with Gasteiger partial charge < -0.3 is 24.7 Å². The van der Waals surface area contributed by atoms with Crippen LogP contribution >= 0.6 is 0 Å². The molecule has 1 heterocycles. The maximum atomic E-state index is 14.4. The molecule has 1 aliphatic rings. The summed E-state index contributed by atoms with van der Waals surface area (Å²) < 4.78 is 55.0. The minimum atomic E-state index is -4.60. The van der Waals surface area contributed by atoms with E-state index in [4.69, 9.17) is 9.16 Å². The molecule has 1 saturated heterocycles. The molecule has 2 aromatic carbocycles. The van der Waals surface area contributed by atoms with Crippen LogP contribution in [0.15, 0.2) is 48.5 Å². The zero-order valence-corrected chi connectivity index (χ0v) is 29.2. The first-order chi connectivity index (χ1) is 21.0. The van der Waals surface area contributed by atoms with Crippen LogP contribution in [0.3, 0.4) is 0 Å². The van der Waals surface area contributed by atoms with E-state index in [0.29, 0.717) is 31.9 Å². The summed E-state index contributed by atoms with van der Waals surface area (Å²) in [5, 5.41) is 8.99. The van der Waals surface area contributed by atoms with Crippen molar-refractivity contribution in [1.82, 2.24) is 10.6 Å². The van der Waals surface area contributed by atoms with Gasteiger partial charge in [-0.05, 0) is 78.9 Å². The molecular formula is C34H53F3N4O3Si. The first-order valence-electron chi connectivity index (χ1n) is 16.1. The zero-order valence-electron chi connectivity index (χ0n) is 28.2. The molecule has 3 rings (SSSR count). The lowest BCUT2D eigenvalue weighted by molar-refractivity contribution is -0.161. The number of rotatable bonds is 14. The van der Waals surface area contributed by atoms with Crippen molar-refractivity contribution in [2.45, 2.75) is 96.8 Å². The van der Waals surface area contributed by atoms with Gasteiger partial charge in [0.15, 0.2) is 0 Å². The molecule has 0 aliphatic carbocycles. The van der Waals surface area contributed by atoms with Gasteiger partial charge in [-0.15, -0.1) is 0 Å². The summed E-state index contributed by atoms with van der Waals surface area (Å²) >= 11 is 0.